The van der Waals surface area contributed by atoms with Gasteiger partial charge in [-0.2, -0.15) is 12.7 Å². The van der Waals surface area contributed by atoms with Crippen LogP contribution < -0.4 is 4.72 Å². The summed E-state index contributed by atoms with van der Waals surface area (Å²) >= 11 is 3.45. The van der Waals surface area contributed by atoms with Crippen LogP contribution in [0.2, 0.25) is 0 Å². The Hall–Kier alpha value is -0.340. The Balaban J connectivity index is 2.44. The Labute approximate surface area is 116 Å². The minimum Gasteiger partial charge on any atom is -0.446 e. The van der Waals surface area contributed by atoms with Crippen LogP contribution in [-0.4, -0.2) is 43.3 Å². The molecule has 8 heteroatoms. The molecule has 1 fully saturated rings. The molecule has 1 aliphatic carbocycles. The molecule has 0 aromatic carbocycles. The Morgan fingerprint density at radius 1 is 1.50 bits per heavy atom. The highest BCUT2D eigenvalue weighted by atomic mass is 79.9. The van der Waals surface area contributed by atoms with Gasteiger partial charge in [0.15, 0.2) is 0 Å². The molecule has 0 radical (unpaired) electrons. The smallest absolute Gasteiger partial charge is 0.422 e. The standard InChI is InChI=1S/C10H19BrN2O4S/c1-7(2)17-10(14)12-18(15,16)13(3)6-8-4-9(11)5-8/h7-9H,4-6H2,1-3H3,(H,12,14). The van der Waals surface area contributed by atoms with Crippen LogP contribution in [0.15, 0.2) is 0 Å². The number of carbonyl (C=O) groups excluding carboxylic acids is 1. The molecule has 0 saturated heterocycles. The molecule has 0 aromatic rings. The average Bonchev–Trinajstić information content (AvgIpc) is 2.12. The maximum atomic E-state index is 11.8. The van der Waals surface area contributed by atoms with Crippen LogP contribution in [-0.2, 0) is 14.9 Å². The molecule has 1 amide bonds. The SMILES string of the molecule is CC(C)OC(=O)NS(=O)(=O)N(C)CC1CC(Br)C1. The van der Waals surface area contributed by atoms with E-state index in [2.05, 4.69) is 15.9 Å². The Kier molecular flexibility index (Phi) is 5.42. The number of hydrogen-bond donors (Lipinski definition) is 1. The van der Waals surface area contributed by atoms with Crippen molar-refractivity contribution in [3.05, 3.63) is 0 Å². The fourth-order valence-corrected chi connectivity index (χ4v) is 3.57. The van der Waals surface area contributed by atoms with E-state index in [-0.39, 0.29) is 6.10 Å². The molecule has 0 unspecified atom stereocenters. The summed E-state index contributed by atoms with van der Waals surface area (Å²) < 4.78 is 31.3. The molecule has 0 bridgehead atoms. The second-order valence-corrected chi connectivity index (χ2v) is 7.85. The summed E-state index contributed by atoms with van der Waals surface area (Å²) in [4.78, 5) is 11.7. The van der Waals surface area contributed by atoms with Crippen LogP contribution in [0.5, 0.6) is 0 Å². The largest absolute Gasteiger partial charge is 0.446 e. The van der Waals surface area contributed by atoms with E-state index in [4.69, 9.17) is 4.74 Å². The highest BCUT2D eigenvalue weighted by molar-refractivity contribution is 9.09. The van der Waals surface area contributed by atoms with Gasteiger partial charge in [-0.1, -0.05) is 15.9 Å². The molecule has 0 aliphatic heterocycles. The predicted molar refractivity (Wildman–Crippen MR) is 71.7 cm³/mol. The summed E-state index contributed by atoms with van der Waals surface area (Å²) in [5.41, 5.74) is 0. The molecule has 1 aliphatic rings. The van der Waals surface area contributed by atoms with Gasteiger partial charge in [-0.3, -0.25) is 0 Å². The van der Waals surface area contributed by atoms with E-state index >= 15 is 0 Å². The second-order valence-electron chi connectivity index (χ2n) is 4.78. The van der Waals surface area contributed by atoms with Crippen LogP contribution in [0.25, 0.3) is 0 Å². The molecular weight excluding hydrogens is 324 g/mol. The van der Waals surface area contributed by atoms with Crippen LogP contribution in [0.3, 0.4) is 0 Å². The second kappa shape index (κ2) is 6.21. The van der Waals surface area contributed by atoms with Gasteiger partial charge in [0.25, 0.3) is 0 Å². The Morgan fingerprint density at radius 2 is 2.06 bits per heavy atom. The highest BCUT2D eigenvalue weighted by Gasteiger charge is 2.31. The molecule has 6 nitrogen and oxygen atoms in total. The first-order valence-electron chi connectivity index (χ1n) is 5.79. The van der Waals surface area contributed by atoms with Crippen molar-refractivity contribution in [1.29, 1.82) is 0 Å². The molecule has 0 spiro atoms. The first kappa shape index (κ1) is 15.7. The van der Waals surface area contributed by atoms with Crippen molar-refractivity contribution in [1.82, 2.24) is 9.03 Å². The third-order valence-corrected chi connectivity index (χ3v) is 4.80. The fraction of sp³-hybridized carbons (Fsp3) is 0.900. The monoisotopic (exact) mass is 342 g/mol. The van der Waals surface area contributed by atoms with E-state index in [0.29, 0.717) is 17.3 Å². The Bertz CT molecular complexity index is 393. The number of rotatable bonds is 5. The first-order valence-corrected chi connectivity index (χ1v) is 8.15. The topological polar surface area (TPSA) is 75.7 Å². The first-order chi connectivity index (χ1) is 8.20. The van der Waals surface area contributed by atoms with Crippen molar-refractivity contribution < 1.29 is 17.9 Å². The predicted octanol–water partition coefficient (Wildman–Crippen LogP) is 1.47. The van der Waals surface area contributed by atoms with Crippen molar-refractivity contribution in [2.45, 2.75) is 37.6 Å². The fourth-order valence-electron chi connectivity index (χ4n) is 1.69. The van der Waals surface area contributed by atoms with E-state index in [9.17, 15) is 13.2 Å². The normalized spacial score (nSPS) is 23.9. The van der Waals surface area contributed by atoms with Crippen molar-refractivity contribution in [3.8, 4) is 0 Å². The lowest BCUT2D eigenvalue weighted by molar-refractivity contribution is 0.121. The molecule has 1 rings (SSSR count). The molecule has 1 N–H and O–H groups in total. The average molecular weight is 343 g/mol. The summed E-state index contributed by atoms with van der Waals surface area (Å²) in [6.07, 6.45) is 0.613. The third kappa shape index (κ3) is 4.74. The zero-order chi connectivity index (χ0) is 13.9. The van der Waals surface area contributed by atoms with Crippen LogP contribution in [0, 0.1) is 5.92 Å². The zero-order valence-electron chi connectivity index (χ0n) is 10.7. The number of amides is 1. The summed E-state index contributed by atoms with van der Waals surface area (Å²) in [5.74, 6) is 0.345. The van der Waals surface area contributed by atoms with Crippen LogP contribution in [0.4, 0.5) is 4.79 Å². The van der Waals surface area contributed by atoms with E-state index in [0.717, 1.165) is 17.1 Å². The van der Waals surface area contributed by atoms with Gasteiger partial charge in [-0.15, -0.1) is 0 Å². The molecule has 0 heterocycles. The van der Waals surface area contributed by atoms with Crippen molar-refractivity contribution in [2.24, 2.45) is 5.92 Å². The van der Waals surface area contributed by atoms with Gasteiger partial charge in [-0.25, -0.2) is 9.52 Å². The number of halogens is 1. The number of nitrogens with one attached hydrogen (secondary N) is 1. The highest BCUT2D eigenvalue weighted by Crippen LogP contribution is 2.33. The summed E-state index contributed by atoms with van der Waals surface area (Å²) in [7, 11) is -2.35. The maximum Gasteiger partial charge on any atom is 0.422 e. The molecule has 106 valence electrons. The molecule has 0 atom stereocenters. The molecule has 1 saturated carbocycles. The van der Waals surface area contributed by atoms with E-state index in [1.54, 1.807) is 13.8 Å². The van der Waals surface area contributed by atoms with E-state index in [1.807, 2.05) is 4.72 Å². The van der Waals surface area contributed by atoms with Gasteiger partial charge >= 0.3 is 16.3 Å². The summed E-state index contributed by atoms with van der Waals surface area (Å²) in [5, 5.41) is 0. The number of hydrogen-bond acceptors (Lipinski definition) is 4. The van der Waals surface area contributed by atoms with E-state index < -0.39 is 16.3 Å². The van der Waals surface area contributed by atoms with Crippen LogP contribution in [0.1, 0.15) is 26.7 Å². The number of alkyl halides is 1. The van der Waals surface area contributed by atoms with E-state index in [1.165, 1.54) is 7.05 Å². The number of ether oxygens (including phenoxy) is 1. The van der Waals surface area contributed by atoms with Gasteiger partial charge in [0.05, 0.1) is 6.10 Å². The van der Waals surface area contributed by atoms with Gasteiger partial charge in [-0.05, 0) is 32.6 Å². The molecule has 18 heavy (non-hydrogen) atoms. The van der Waals surface area contributed by atoms with Gasteiger partial charge in [0.2, 0.25) is 0 Å². The van der Waals surface area contributed by atoms with Gasteiger partial charge in [0, 0.05) is 18.4 Å². The van der Waals surface area contributed by atoms with Gasteiger partial charge < -0.3 is 4.74 Å². The molecular formula is C10H19BrN2O4S. The van der Waals surface area contributed by atoms with Gasteiger partial charge in [0.1, 0.15) is 0 Å². The number of nitrogens with zero attached hydrogens (tertiary/aromatic N) is 1. The Morgan fingerprint density at radius 3 is 2.50 bits per heavy atom. The quantitative estimate of drug-likeness (QED) is 0.767. The lowest BCUT2D eigenvalue weighted by Gasteiger charge is -2.33. The lowest BCUT2D eigenvalue weighted by atomic mass is 9.85. The third-order valence-electron chi connectivity index (χ3n) is 2.66. The summed E-state index contributed by atoms with van der Waals surface area (Å²) in [6.45, 7) is 3.72. The molecule has 0 aromatic heterocycles. The van der Waals surface area contributed by atoms with Crippen LogP contribution >= 0.6 is 15.9 Å². The zero-order valence-corrected chi connectivity index (χ0v) is 13.1. The van der Waals surface area contributed by atoms with Crippen molar-refractivity contribution in [2.75, 3.05) is 13.6 Å². The number of carbonyl (C=O) groups is 1. The van der Waals surface area contributed by atoms with Crippen molar-refractivity contribution >= 4 is 32.2 Å². The minimum atomic E-state index is -3.80. The maximum absolute atomic E-state index is 11.8. The van der Waals surface area contributed by atoms with Crippen molar-refractivity contribution in [3.63, 3.8) is 0 Å². The summed E-state index contributed by atoms with van der Waals surface area (Å²) in [6, 6.07) is 0. The lowest BCUT2D eigenvalue weighted by Crippen LogP contribution is -2.45. The minimum absolute atomic E-state index is 0.345.